The molecule has 5 rings (SSSR count). The van der Waals surface area contributed by atoms with Crippen molar-refractivity contribution in [2.75, 3.05) is 6.61 Å². The summed E-state index contributed by atoms with van der Waals surface area (Å²) in [5, 5.41) is 5.80. The number of nitrogens with zero attached hydrogens (tertiary/aromatic N) is 4. The summed E-state index contributed by atoms with van der Waals surface area (Å²) >= 11 is 0. The lowest BCUT2D eigenvalue weighted by atomic mass is 9.92. The Balaban J connectivity index is 1.70. The van der Waals surface area contributed by atoms with Crippen molar-refractivity contribution in [2.45, 2.75) is 38.5 Å². The van der Waals surface area contributed by atoms with Crippen LogP contribution in [0, 0.1) is 0 Å². The summed E-state index contributed by atoms with van der Waals surface area (Å²) < 4.78 is 7.68. The molecule has 4 aromatic rings. The van der Waals surface area contributed by atoms with Crippen LogP contribution in [-0.2, 0) is 0 Å². The maximum absolute atomic E-state index is 12.4. The minimum atomic E-state index is -0.216. The van der Waals surface area contributed by atoms with Crippen LogP contribution in [0.4, 0.5) is 0 Å². The van der Waals surface area contributed by atoms with E-state index in [4.69, 9.17) is 14.8 Å². The summed E-state index contributed by atoms with van der Waals surface area (Å²) in [5.74, 6) is 2.63. The zero-order chi connectivity index (χ0) is 22.1. The molecule has 0 saturated heterocycles. The number of pyridine rings is 2. The van der Waals surface area contributed by atoms with Crippen LogP contribution in [-0.4, -0.2) is 31.3 Å². The molecule has 0 bridgehead atoms. The van der Waals surface area contributed by atoms with Gasteiger partial charge < -0.3 is 9.72 Å². The monoisotopic (exact) mass is 427 g/mol. The molecule has 0 saturated carbocycles. The van der Waals surface area contributed by atoms with Crippen LogP contribution < -0.4 is 10.3 Å². The molecule has 2 atom stereocenters. The Morgan fingerprint density at radius 2 is 2.16 bits per heavy atom. The first-order valence-electron chi connectivity index (χ1n) is 10.9. The highest BCUT2D eigenvalue weighted by molar-refractivity contribution is 5.83. The highest BCUT2D eigenvalue weighted by atomic mass is 16.5. The van der Waals surface area contributed by atoms with Gasteiger partial charge in [0.15, 0.2) is 5.82 Å². The summed E-state index contributed by atoms with van der Waals surface area (Å²) in [7, 11) is 0. The van der Waals surface area contributed by atoms with Gasteiger partial charge in [0.2, 0.25) is 0 Å². The predicted octanol–water partition coefficient (Wildman–Crippen LogP) is 4.49. The van der Waals surface area contributed by atoms with Crippen LogP contribution in [0.1, 0.15) is 55.7 Å². The van der Waals surface area contributed by atoms with Crippen molar-refractivity contribution < 1.29 is 4.74 Å². The number of rotatable bonds is 5. The molecule has 4 heterocycles. The van der Waals surface area contributed by atoms with Crippen LogP contribution in [0.25, 0.3) is 16.7 Å². The Bertz CT molecular complexity index is 1350. The lowest BCUT2D eigenvalue weighted by Gasteiger charge is -2.23. The summed E-state index contributed by atoms with van der Waals surface area (Å²) in [6.07, 6.45) is 7.48. The molecule has 0 amide bonds. The Morgan fingerprint density at radius 3 is 3.03 bits per heavy atom. The maximum Gasteiger partial charge on any atom is 0.251 e. The molecule has 0 spiro atoms. The van der Waals surface area contributed by atoms with Gasteiger partial charge in [0.1, 0.15) is 17.2 Å². The van der Waals surface area contributed by atoms with Gasteiger partial charge in [-0.25, -0.2) is 14.6 Å². The van der Waals surface area contributed by atoms with Crippen molar-refractivity contribution in [1.82, 2.24) is 24.7 Å². The van der Waals surface area contributed by atoms with E-state index < -0.39 is 0 Å². The van der Waals surface area contributed by atoms with E-state index in [1.807, 2.05) is 48.0 Å². The smallest absolute Gasteiger partial charge is 0.251 e. The van der Waals surface area contributed by atoms with Crippen LogP contribution in [0.3, 0.4) is 0 Å². The number of nitrogens with one attached hydrogen (secondary N) is 1. The SMILES string of the molecule is C/C=C/CC(C)c1nc(C2CCOc3ccccc32)nn1-c1cc(=O)[nH]c2ncccc12. The van der Waals surface area contributed by atoms with Gasteiger partial charge in [-0.15, -0.1) is 0 Å². The normalized spacial score (nSPS) is 16.8. The quantitative estimate of drug-likeness (QED) is 0.475. The van der Waals surface area contributed by atoms with Gasteiger partial charge in [-0.05, 0) is 38.0 Å². The lowest BCUT2D eigenvalue weighted by Crippen LogP contribution is -2.16. The molecule has 7 heteroatoms. The Hall–Kier alpha value is -3.74. The minimum absolute atomic E-state index is 0.0419. The molecular formula is C25H25N5O2. The standard InChI is InChI=1S/C25H25N5O2/c1-3-4-8-16(2)25-28-24(18-12-14-32-21-11-6-5-9-17(18)21)29-30(25)20-15-22(31)27-23-19(20)10-7-13-26-23/h3-7,9-11,13,15-16,18H,8,12,14H2,1-2H3,(H,26,27,31)/b4-3+. The molecule has 1 N–H and O–H groups in total. The third-order valence-corrected chi connectivity index (χ3v) is 5.91. The highest BCUT2D eigenvalue weighted by Gasteiger charge is 2.29. The van der Waals surface area contributed by atoms with Gasteiger partial charge in [0.25, 0.3) is 5.56 Å². The van der Waals surface area contributed by atoms with Crippen LogP contribution in [0.2, 0.25) is 0 Å². The van der Waals surface area contributed by atoms with Crippen LogP contribution >= 0.6 is 0 Å². The first-order chi connectivity index (χ1) is 15.7. The molecule has 162 valence electrons. The molecule has 1 aliphatic heterocycles. The molecule has 2 unspecified atom stereocenters. The van der Waals surface area contributed by atoms with Crippen molar-refractivity contribution in [3.8, 4) is 11.4 Å². The highest BCUT2D eigenvalue weighted by Crippen LogP contribution is 2.37. The fourth-order valence-electron chi connectivity index (χ4n) is 4.28. The van der Waals surface area contributed by atoms with E-state index in [9.17, 15) is 4.79 Å². The number of aromatic nitrogens is 5. The minimum Gasteiger partial charge on any atom is -0.493 e. The number of para-hydroxylation sites is 1. The van der Waals surface area contributed by atoms with Crippen LogP contribution in [0.15, 0.2) is 65.6 Å². The first kappa shape index (κ1) is 20.2. The molecule has 0 aliphatic carbocycles. The number of hydrogen-bond acceptors (Lipinski definition) is 5. The summed E-state index contributed by atoms with van der Waals surface area (Å²) in [4.78, 5) is 24.6. The first-order valence-corrected chi connectivity index (χ1v) is 10.9. The van der Waals surface area contributed by atoms with Gasteiger partial charge in [0, 0.05) is 29.1 Å². The van der Waals surface area contributed by atoms with E-state index in [-0.39, 0.29) is 17.4 Å². The second-order valence-corrected chi connectivity index (χ2v) is 8.09. The van der Waals surface area contributed by atoms with E-state index in [1.165, 1.54) is 0 Å². The fraction of sp³-hybridized carbons (Fsp3) is 0.280. The van der Waals surface area contributed by atoms with Crippen LogP contribution in [0.5, 0.6) is 5.75 Å². The van der Waals surface area contributed by atoms with Crippen molar-refractivity contribution in [3.63, 3.8) is 0 Å². The second kappa shape index (κ2) is 8.42. The number of ether oxygens (including phenoxy) is 1. The molecule has 1 aliphatic rings. The Labute approximate surface area is 185 Å². The van der Waals surface area contributed by atoms with E-state index in [2.05, 4.69) is 29.0 Å². The average Bonchev–Trinajstić information content (AvgIpc) is 3.27. The third-order valence-electron chi connectivity index (χ3n) is 5.91. The second-order valence-electron chi connectivity index (χ2n) is 8.09. The number of hydrogen-bond donors (Lipinski definition) is 1. The maximum atomic E-state index is 12.4. The molecule has 3 aromatic heterocycles. The van der Waals surface area contributed by atoms with Gasteiger partial charge >= 0.3 is 0 Å². The van der Waals surface area contributed by atoms with E-state index in [1.54, 1.807) is 12.3 Å². The van der Waals surface area contributed by atoms with Crippen molar-refractivity contribution >= 4 is 11.0 Å². The van der Waals surface area contributed by atoms with Gasteiger partial charge in [0.05, 0.1) is 18.2 Å². The zero-order valence-electron chi connectivity index (χ0n) is 18.2. The number of fused-ring (bicyclic) bond motifs is 2. The van der Waals surface area contributed by atoms with E-state index >= 15 is 0 Å². The fourth-order valence-corrected chi connectivity index (χ4v) is 4.28. The van der Waals surface area contributed by atoms with E-state index in [0.717, 1.165) is 41.2 Å². The summed E-state index contributed by atoms with van der Waals surface area (Å²) in [5.41, 5.74) is 2.11. The van der Waals surface area contributed by atoms with Crippen molar-refractivity contribution in [3.05, 3.63) is 88.4 Å². The average molecular weight is 428 g/mol. The molecular weight excluding hydrogens is 402 g/mol. The molecule has 0 fully saturated rings. The third kappa shape index (κ3) is 3.60. The molecule has 7 nitrogen and oxygen atoms in total. The lowest BCUT2D eigenvalue weighted by molar-refractivity contribution is 0.274. The number of aromatic amines is 1. The topological polar surface area (TPSA) is 85.7 Å². The molecule has 1 aromatic carbocycles. The Morgan fingerprint density at radius 1 is 1.28 bits per heavy atom. The van der Waals surface area contributed by atoms with Crippen molar-refractivity contribution in [1.29, 1.82) is 0 Å². The van der Waals surface area contributed by atoms with Gasteiger partial charge in [-0.2, -0.15) is 5.10 Å². The zero-order valence-corrected chi connectivity index (χ0v) is 18.2. The number of benzene rings is 1. The van der Waals surface area contributed by atoms with Gasteiger partial charge in [-0.3, -0.25) is 4.79 Å². The predicted molar refractivity (Wildman–Crippen MR) is 124 cm³/mol. The van der Waals surface area contributed by atoms with Crippen molar-refractivity contribution in [2.24, 2.45) is 0 Å². The summed E-state index contributed by atoms with van der Waals surface area (Å²) in [6.45, 7) is 4.77. The van der Waals surface area contributed by atoms with Gasteiger partial charge in [-0.1, -0.05) is 37.3 Å². The number of allylic oxidation sites excluding steroid dienone is 2. The molecule has 32 heavy (non-hydrogen) atoms. The Kier molecular flexibility index (Phi) is 5.31. The number of H-pyrrole nitrogens is 1. The largest absolute Gasteiger partial charge is 0.493 e. The summed E-state index contributed by atoms with van der Waals surface area (Å²) in [6, 6.07) is 13.4. The van der Waals surface area contributed by atoms with E-state index in [0.29, 0.717) is 17.9 Å². The molecule has 0 radical (unpaired) electrons.